The maximum Gasteiger partial charge on any atom is -0.0380 e. The second-order valence-corrected chi connectivity index (χ2v) is 3.65. The van der Waals surface area contributed by atoms with Gasteiger partial charge in [-0.05, 0) is 31.1 Å². The van der Waals surface area contributed by atoms with Crippen LogP contribution in [-0.4, -0.2) is 0 Å². The summed E-state index contributed by atoms with van der Waals surface area (Å²) < 4.78 is 0. The van der Waals surface area contributed by atoms with Crippen molar-refractivity contribution in [1.29, 1.82) is 0 Å². The minimum absolute atomic E-state index is 1.11. The monoisotopic (exact) mass is 123 g/mol. The first-order valence-corrected chi connectivity index (χ1v) is 4.27. The summed E-state index contributed by atoms with van der Waals surface area (Å²) in [4.78, 5) is 0. The SMILES string of the molecule is [CH](CC1CC1)CC1CC1. The zero-order chi connectivity index (χ0) is 6.10. The van der Waals surface area contributed by atoms with E-state index >= 15 is 0 Å². The van der Waals surface area contributed by atoms with Crippen LogP contribution >= 0.6 is 0 Å². The van der Waals surface area contributed by atoms with Crippen molar-refractivity contribution in [2.75, 3.05) is 0 Å². The summed E-state index contributed by atoms with van der Waals surface area (Å²) in [6.45, 7) is 0. The Morgan fingerprint density at radius 2 is 1.33 bits per heavy atom. The summed E-state index contributed by atoms with van der Waals surface area (Å²) in [7, 11) is 0. The van der Waals surface area contributed by atoms with Gasteiger partial charge >= 0.3 is 0 Å². The zero-order valence-electron chi connectivity index (χ0n) is 5.97. The van der Waals surface area contributed by atoms with E-state index in [-0.39, 0.29) is 0 Å². The van der Waals surface area contributed by atoms with Crippen LogP contribution in [-0.2, 0) is 0 Å². The van der Waals surface area contributed by atoms with E-state index in [1.54, 1.807) is 0 Å². The molecule has 51 valence electrons. The van der Waals surface area contributed by atoms with Crippen LogP contribution in [0, 0.1) is 18.3 Å². The van der Waals surface area contributed by atoms with Crippen molar-refractivity contribution in [2.24, 2.45) is 11.8 Å². The van der Waals surface area contributed by atoms with Gasteiger partial charge in [0.1, 0.15) is 0 Å². The quantitative estimate of drug-likeness (QED) is 0.539. The van der Waals surface area contributed by atoms with Crippen molar-refractivity contribution in [3.05, 3.63) is 6.42 Å². The third-order valence-electron chi connectivity index (χ3n) is 2.39. The van der Waals surface area contributed by atoms with Crippen LogP contribution in [0.15, 0.2) is 0 Å². The maximum atomic E-state index is 2.52. The number of hydrogen-bond acceptors (Lipinski definition) is 0. The molecule has 0 bridgehead atoms. The lowest BCUT2D eigenvalue weighted by molar-refractivity contribution is 0.715. The summed E-state index contributed by atoms with van der Waals surface area (Å²) in [6, 6.07) is 0. The minimum Gasteiger partial charge on any atom is -0.0502 e. The number of hydrogen-bond donors (Lipinski definition) is 0. The Bertz CT molecular complexity index is 76.2. The molecule has 2 aliphatic rings. The van der Waals surface area contributed by atoms with Gasteiger partial charge in [-0.15, -0.1) is 0 Å². The van der Waals surface area contributed by atoms with Crippen molar-refractivity contribution in [1.82, 2.24) is 0 Å². The third kappa shape index (κ3) is 2.00. The normalized spacial score (nSPS) is 26.7. The highest BCUT2D eigenvalue weighted by atomic mass is 14.3. The summed E-state index contributed by atoms with van der Waals surface area (Å²) >= 11 is 0. The minimum atomic E-state index is 1.11. The highest BCUT2D eigenvalue weighted by molar-refractivity contribution is 4.85. The Morgan fingerprint density at radius 1 is 0.889 bits per heavy atom. The van der Waals surface area contributed by atoms with E-state index in [9.17, 15) is 0 Å². The van der Waals surface area contributed by atoms with Crippen molar-refractivity contribution in [3.63, 3.8) is 0 Å². The first-order valence-electron chi connectivity index (χ1n) is 4.27. The smallest absolute Gasteiger partial charge is 0.0380 e. The van der Waals surface area contributed by atoms with Crippen LogP contribution in [0.25, 0.3) is 0 Å². The van der Waals surface area contributed by atoms with Gasteiger partial charge in [0.05, 0.1) is 0 Å². The molecule has 0 aromatic carbocycles. The topological polar surface area (TPSA) is 0 Å². The van der Waals surface area contributed by atoms with Gasteiger partial charge in [0.15, 0.2) is 0 Å². The Morgan fingerprint density at radius 3 is 1.67 bits per heavy atom. The summed E-state index contributed by atoms with van der Waals surface area (Å²) in [5.74, 6) is 2.23. The molecule has 0 saturated heterocycles. The first kappa shape index (κ1) is 5.76. The standard InChI is InChI=1S/C9H15/c1(2-8-4-5-8)3-9-6-7-9/h1,8-9H,2-7H2. The molecule has 9 heavy (non-hydrogen) atoms. The fourth-order valence-corrected chi connectivity index (χ4v) is 1.27. The van der Waals surface area contributed by atoms with Crippen LogP contribution in [0.2, 0.25) is 0 Å². The summed E-state index contributed by atoms with van der Waals surface area (Å²) in [5.41, 5.74) is 0. The van der Waals surface area contributed by atoms with Gasteiger partial charge < -0.3 is 0 Å². The second-order valence-electron chi connectivity index (χ2n) is 3.65. The molecule has 0 N–H and O–H groups in total. The van der Waals surface area contributed by atoms with Gasteiger partial charge in [-0.3, -0.25) is 0 Å². The lowest BCUT2D eigenvalue weighted by Crippen LogP contribution is -1.80. The lowest BCUT2D eigenvalue weighted by atomic mass is 10.1. The van der Waals surface area contributed by atoms with Gasteiger partial charge in [-0.2, -0.15) is 0 Å². The Labute approximate surface area is 57.6 Å². The van der Waals surface area contributed by atoms with E-state index in [1.165, 1.54) is 38.5 Å². The van der Waals surface area contributed by atoms with Crippen LogP contribution in [0.3, 0.4) is 0 Å². The van der Waals surface area contributed by atoms with Gasteiger partial charge in [0, 0.05) is 0 Å². The van der Waals surface area contributed by atoms with E-state index in [0.29, 0.717) is 0 Å². The van der Waals surface area contributed by atoms with Crippen LogP contribution in [0.5, 0.6) is 0 Å². The van der Waals surface area contributed by atoms with E-state index in [4.69, 9.17) is 0 Å². The molecular formula is C9H15. The maximum absolute atomic E-state index is 2.52. The molecule has 0 spiro atoms. The zero-order valence-corrected chi connectivity index (χ0v) is 5.97. The van der Waals surface area contributed by atoms with Crippen LogP contribution in [0.4, 0.5) is 0 Å². The predicted octanol–water partition coefficient (Wildman–Crippen LogP) is 2.79. The van der Waals surface area contributed by atoms with Crippen LogP contribution < -0.4 is 0 Å². The average molecular weight is 123 g/mol. The highest BCUT2D eigenvalue weighted by Crippen LogP contribution is 2.38. The van der Waals surface area contributed by atoms with E-state index < -0.39 is 0 Å². The third-order valence-corrected chi connectivity index (χ3v) is 2.39. The molecule has 2 saturated carbocycles. The molecule has 0 amide bonds. The largest absolute Gasteiger partial charge is 0.0502 e. The molecule has 0 aliphatic heterocycles. The lowest BCUT2D eigenvalue weighted by Gasteiger charge is -1.93. The molecule has 2 fully saturated rings. The Balaban J connectivity index is 1.46. The van der Waals surface area contributed by atoms with E-state index in [2.05, 4.69) is 6.42 Å². The molecule has 0 heterocycles. The summed E-state index contributed by atoms with van der Waals surface area (Å²) in [6.07, 6.45) is 11.4. The van der Waals surface area contributed by atoms with E-state index in [1.807, 2.05) is 0 Å². The Hall–Kier alpha value is 0. The predicted molar refractivity (Wildman–Crippen MR) is 39.0 cm³/mol. The highest BCUT2D eigenvalue weighted by Gasteiger charge is 2.24. The molecule has 2 aliphatic carbocycles. The molecule has 0 unspecified atom stereocenters. The molecule has 0 aromatic rings. The van der Waals surface area contributed by atoms with Gasteiger partial charge in [0.2, 0.25) is 0 Å². The van der Waals surface area contributed by atoms with Crippen molar-refractivity contribution >= 4 is 0 Å². The molecule has 1 radical (unpaired) electrons. The summed E-state index contributed by atoms with van der Waals surface area (Å²) in [5, 5.41) is 0. The van der Waals surface area contributed by atoms with Crippen molar-refractivity contribution < 1.29 is 0 Å². The van der Waals surface area contributed by atoms with E-state index in [0.717, 1.165) is 11.8 Å². The van der Waals surface area contributed by atoms with Crippen molar-refractivity contribution in [3.8, 4) is 0 Å². The molecule has 0 aromatic heterocycles. The average Bonchev–Trinajstić information content (AvgIpc) is 2.57. The molecule has 0 nitrogen and oxygen atoms in total. The fraction of sp³-hybridized carbons (Fsp3) is 0.889. The Kier molecular flexibility index (Phi) is 1.48. The molecular weight excluding hydrogens is 108 g/mol. The van der Waals surface area contributed by atoms with Gasteiger partial charge in [0.25, 0.3) is 0 Å². The first-order chi connectivity index (χ1) is 4.45. The molecule has 2 rings (SSSR count). The number of rotatable bonds is 4. The molecule has 0 heteroatoms. The van der Waals surface area contributed by atoms with Crippen molar-refractivity contribution in [2.45, 2.75) is 38.5 Å². The molecule has 0 atom stereocenters. The second kappa shape index (κ2) is 2.32. The fourth-order valence-electron chi connectivity index (χ4n) is 1.27. The van der Waals surface area contributed by atoms with Gasteiger partial charge in [-0.1, -0.05) is 25.7 Å². The van der Waals surface area contributed by atoms with Gasteiger partial charge in [-0.25, -0.2) is 0 Å². The van der Waals surface area contributed by atoms with Crippen LogP contribution in [0.1, 0.15) is 38.5 Å².